The first-order valence-corrected chi connectivity index (χ1v) is 17.9. The Kier molecular flexibility index (Phi) is 14.4. The third-order valence-electron chi connectivity index (χ3n) is 11.4. The van der Waals surface area contributed by atoms with Gasteiger partial charge in [0.15, 0.2) is 0 Å². The van der Waals surface area contributed by atoms with Crippen molar-refractivity contribution in [2.45, 2.75) is 164 Å². The van der Waals surface area contributed by atoms with E-state index in [1.165, 1.54) is 57.8 Å². The summed E-state index contributed by atoms with van der Waals surface area (Å²) in [4.78, 5) is 0. The van der Waals surface area contributed by atoms with E-state index >= 15 is 0 Å². The van der Waals surface area contributed by atoms with Crippen LogP contribution in [0.5, 0.6) is 0 Å². The Bertz CT molecular complexity index is 966. The van der Waals surface area contributed by atoms with Crippen molar-refractivity contribution in [2.24, 2.45) is 50.0 Å². The van der Waals surface area contributed by atoms with Crippen molar-refractivity contribution in [3.05, 3.63) is 0 Å². The number of alkyl halides is 4. The molecule has 262 valence electrons. The summed E-state index contributed by atoms with van der Waals surface area (Å²) in [7, 11) is 0. The van der Waals surface area contributed by atoms with Crippen LogP contribution in [-0.4, -0.2) is 71.0 Å². The van der Waals surface area contributed by atoms with Crippen molar-refractivity contribution in [3.8, 4) is 0 Å². The number of nitrogens with one attached hydrogen (secondary N) is 2. The molecule has 45 heavy (non-hydrogen) atoms. The average molecular weight is 706 g/mol. The molecule has 0 amide bonds. The van der Waals surface area contributed by atoms with Crippen molar-refractivity contribution < 1.29 is 39.9 Å². The Balaban J connectivity index is 0.000000203. The summed E-state index contributed by atoms with van der Waals surface area (Å²) >= 11 is 6.10. The molecule has 6 rings (SSSR count). The fourth-order valence-electron chi connectivity index (χ4n) is 8.84. The second-order valence-electron chi connectivity index (χ2n) is 14.5. The van der Waals surface area contributed by atoms with Crippen molar-refractivity contribution in [1.82, 2.24) is 10.6 Å². The molecule has 0 aromatic rings. The SMILES string of the molecule is CC1CCCC(N=NC2C(O)CCC3CCCCC32)N1.OC1CCC2CCCCC2C1N=NC1NCC(C(F)(F)F)CC1Cl.[Ni]. The van der Waals surface area contributed by atoms with Gasteiger partial charge in [-0.15, -0.1) is 11.6 Å². The number of piperidine rings is 2. The van der Waals surface area contributed by atoms with E-state index in [1.54, 1.807) is 0 Å². The van der Waals surface area contributed by atoms with Crippen LogP contribution in [-0.2, 0) is 16.5 Å². The Morgan fingerprint density at radius 2 is 1.24 bits per heavy atom. The molecule has 0 aromatic carbocycles. The van der Waals surface area contributed by atoms with Gasteiger partial charge in [-0.1, -0.05) is 38.5 Å². The van der Waals surface area contributed by atoms with Gasteiger partial charge >= 0.3 is 6.18 Å². The normalized spacial score (nSPS) is 44.3. The van der Waals surface area contributed by atoms with E-state index < -0.39 is 29.7 Å². The maximum absolute atomic E-state index is 12.8. The minimum Gasteiger partial charge on any atom is -0.391 e. The van der Waals surface area contributed by atoms with Crippen LogP contribution in [0.1, 0.15) is 110 Å². The molecule has 2 aliphatic heterocycles. The molecular formula is C32H54ClF3N6NiO2. The molecule has 8 nitrogen and oxygen atoms in total. The first kappa shape index (κ1) is 37.4. The maximum atomic E-state index is 12.8. The molecule has 4 saturated carbocycles. The predicted octanol–water partition coefficient (Wildman–Crippen LogP) is 7.13. The van der Waals surface area contributed by atoms with E-state index in [2.05, 4.69) is 38.0 Å². The summed E-state index contributed by atoms with van der Waals surface area (Å²) in [5, 5.41) is 43.9. The van der Waals surface area contributed by atoms with E-state index in [0.717, 1.165) is 44.4 Å². The van der Waals surface area contributed by atoms with Crippen molar-refractivity contribution in [3.63, 3.8) is 0 Å². The molecule has 2 saturated heterocycles. The Labute approximate surface area is 281 Å². The third kappa shape index (κ3) is 10.1. The van der Waals surface area contributed by atoms with Gasteiger partial charge in [-0.2, -0.15) is 33.6 Å². The maximum Gasteiger partial charge on any atom is 0.393 e. The molecule has 13 atom stereocenters. The van der Waals surface area contributed by atoms with Crippen LogP contribution in [0.3, 0.4) is 0 Å². The summed E-state index contributed by atoms with van der Waals surface area (Å²) in [5.41, 5.74) is 0. The first-order valence-electron chi connectivity index (χ1n) is 17.5. The molecule has 13 heteroatoms. The second kappa shape index (κ2) is 17.3. The van der Waals surface area contributed by atoms with Gasteiger partial charge in [0, 0.05) is 29.1 Å². The van der Waals surface area contributed by atoms with Gasteiger partial charge in [-0.25, -0.2) is 0 Å². The number of hydrogen-bond acceptors (Lipinski definition) is 8. The molecule has 0 radical (unpaired) electrons. The average Bonchev–Trinajstić information content (AvgIpc) is 3.00. The number of azo groups is 2. The van der Waals surface area contributed by atoms with E-state index in [4.69, 9.17) is 11.6 Å². The molecule has 6 aliphatic rings. The van der Waals surface area contributed by atoms with Crippen LogP contribution in [0.15, 0.2) is 20.5 Å². The van der Waals surface area contributed by atoms with Gasteiger partial charge in [0.2, 0.25) is 0 Å². The molecule has 6 fully saturated rings. The molecule has 13 unspecified atom stereocenters. The van der Waals surface area contributed by atoms with Crippen LogP contribution in [0.2, 0.25) is 0 Å². The Morgan fingerprint density at radius 3 is 1.78 bits per heavy atom. The van der Waals surface area contributed by atoms with Gasteiger partial charge in [-0.3, -0.25) is 10.6 Å². The van der Waals surface area contributed by atoms with Crippen LogP contribution in [0.4, 0.5) is 13.2 Å². The number of hydrogen-bond donors (Lipinski definition) is 4. The predicted molar refractivity (Wildman–Crippen MR) is 164 cm³/mol. The Morgan fingerprint density at radius 1 is 0.689 bits per heavy atom. The van der Waals surface area contributed by atoms with Gasteiger partial charge in [-0.05, 0) is 94.8 Å². The molecule has 4 aliphatic carbocycles. The largest absolute Gasteiger partial charge is 0.393 e. The zero-order chi connectivity index (χ0) is 31.3. The van der Waals surface area contributed by atoms with Crippen LogP contribution >= 0.6 is 11.6 Å². The van der Waals surface area contributed by atoms with E-state index in [9.17, 15) is 23.4 Å². The minimum atomic E-state index is -4.24. The van der Waals surface area contributed by atoms with Crippen molar-refractivity contribution >= 4 is 11.6 Å². The van der Waals surface area contributed by atoms with E-state index in [0.29, 0.717) is 23.8 Å². The van der Waals surface area contributed by atoms with Crippen LogP contribution < -0.4 is 10.6 Å². The first-order chi connectivity index (χ1) is 21.1. The number of rotatable bonds is 4. The van der Waals surface area contributed by atoms with Crippen molar-refractivity contribution in [1.29, 1.82) is 0 Å². The molecule has 0 spiro atoms. The Hall–Kier alpha value is -0.386. The summed E-state index contributed by atoms with van der Waals surface area (Å²) < 4.78 is 38.3. The number of halogens is 4. The molecule has 2 heterocycles. The second-order valence-corrected chi connectivity index (χ2v) is 15.1. The summed E-state index contributed by atoms with van der Waals surface area (Å²) in [6.07, 6.45) is 11.7. The molecule has 0 aromatic heterocycles. The van der Waals surface area contributed by atoms with Gasteiger partial charge in [0.25, 0.3) is 0 Å². The van der Waals surface area contributed by atoms with Gasteiger partial charge in [0.1, 0.15) is 12.3 Å². The van der Waals surface area contributed by atoms with Gasteiger partial charge in [0.05, 0.1) is 35.6 Å². The smallest absolute Gasteiger partial charge is 0.391 e. The minimum absolute atomic E-state index is 0. The number of fused-ring (bicyclic) bond motifs is 2. The standard InChI is InChI=1S/C16H25ClF3N3O.C16H29N3O.Ni/c17-12-7-10(16(18,19)20)8-21-15(12)23-22-14-11-4-2-1-3-9(11)5-6-13(14)24;1-11-5-4-8-15(17-11)18-19-16-13-7-3-2-6-12(13)9-10-14(16)20;/h9-15,21,24H,1-8H2;11-17,20H,2-10H2,1H3;. The monoisotopic (exact) mass is 704 g/mol. The zero-order valence-corrected chi connectivity index (χ0v) is 28.3. The van der Waals surface area contributed by atoms with Gasteiger partial charge < -0.3 is 10.2 Å². The van der Waals surface area contributed by atoms with E-state index in [1.807, 2.05) is 0 Å². The quantitative estimate of drug-likeness (QED) is 0.142. The number of nitrogens with zero attached hydrogens (tertiary/aromatic N) is 4. The van der Waals surface area contributed by atoms with Crippen LogP contribution in [0.25, 0.3) is 0 Å². The van der Waals surface area contributed by atoms with Crippen LogP contribution in [0, 0.1) is 29.6 Å². The van der Waals surface area contributed by atoms with Crippen molar-refractivity contribution in [2.75, 3.05) is 6.54 Å². The van der Waals surface area contributed by atoms with E-state index in [-0.39, 0.29) is 53.8 Å². The summed E-state index contributed by atoms with van der Waals surface area (Å²) in [5.74, 6) is 0.861. The molecule has 4 N–H and O–H groups in total. The fraction of sp³-hybridized carbons (Fsp3) is 1.00. The molecule has 0 bridgehead atoms. The fourth-order valence-corrected chi connectivity index (χ4v) is 9.20. The topological polar surface area (TPSA) is 114 Å². The number of aliphatic hydroxyl groups is 2. The summed E-state index contributed by atoms with van der Waals surface area (Å²) in [6, 6.07) is 0.370. The third-order valence-corrected chi connectivity index (χ3v) is 11.8. The zero-order valence-electron chi connectivity index (χ0n) is 26.5. The summed E-state index contributed by atoms with van der Waals surface area (Å²) in [6.45, 7) is 2.03. The number of aliphatic hydroxyl groups excluding tert-OH is 2. The molecular weight excluding hydrogens is 652 g/mol.